The standard InChI is InChI=1S/C11H12BrNO3S2/c12-7-18(15,16)13-5-10(14)9-6-17-11-4-2-1-3-8(9)11/h1-4,6,10,13-14H,5,7H2. The Balaban J connectivity index is 2.17. The van der Waals surface area contributed by atoms with E-state index in [1.807, 2.05) is 29.6 Å². The molecule has 98 valence electrons. The van der Waals surface area contributed by atoms with Gasteiger partial charge < -0.3 is 5.11 Å². The molecule has 18 heavy (non-hydrogen) atoms. The van der Waals surface area contributed by atoms with E-state index in [1.165, 1.54) is 11.3 Å². The quantitative estimate of drug-likeness (QED) is 0.813. The molecule has 1 aromatic heterocycles. The summed E-state index contributed by atoms with van der Waals surface area (Å²) in [7, 11) is -3.35. The summed E-state index contributed by atoms with van der Waals surface area (Å²) in [6, 6.07) is 7.72. The Morgan fingerprint density at radius 1 is 1.39 bits per heavy atom. The number of benzene rings is 1. The van der Waals surface area contributed by atoms with Gasteiger partial charge in [0.05, 0.1) is 6.10 Å². The second kappa shape index (κ2) is 5.66. The fraction of sp³-hybridized carbons (Fsp3) is 0.273. The molecule has 1 aromatic carbocycles. The lowest BCUT2D eigenvalue weighted by molar-refractivity contribution is 0.184. The molecule has 0 fully saturated rings. The van der Waals surface area contributed by atoms with E-state index in [0.29, 0.717) is 0 Å². The van der Waals surface area contributed by atoms with Crippen molar-refractivity contribution in [2.45, 2.75) is 6.10 Å². The third-order valence-electron chi connectivity index (χ3n) is 2.51. The molecular formula is C11H12BrNO3S2. The summed E-state index contributed by atoms with van der Waals surface area (Å²) >= 11 is 4.41. The first kappa shape index (κ1) is 14.0. The number of hydrogen-bond donors (Lipinski definition) is 2. The van der Waals surface area contributed by atoms with Gasteiger partial charge in [0.1, 0.15) is 4.66 Å². The second-order valence-corrected chi connectivity index (χ2v) is 7.80. The van der Waals surface area contributed by atoms with Gasteiger partial charge in [0.2, 0.25) is 10.0 Å². The van der Waals surface area contributed by atoms with Crippen molar-refractivity contribution in [1.29, 1.82) is 0 Å². The first-order chi connectivity index (χ1) is 8.53. The lowest BCUT2D eigenvalue weighted by Gasteiger charge is -2.10. The van der Waals surface area contributed by atoms with Crippen LogP contribution in [-0.2, 0) is 10.0 Å². The van der Waals surface area contributed by atoms with Crippen LogP contribution in [0.25, 0.3) is 10.1 Å². The molecule has 2 N–H and O–H groups in total. The van der Waals surface area contributed by atoms with Crippen LogP contribution >= 0.6 is 27.3 Å². The van der Waals surface area contributed by atoms with E-state index in [-0.39, 0.29) is 11.2 Å². The predicted molar refractivity (Wildman–Crippen MR) is 77.5 cm³/mol. The molecule has 7 heteroatoms. The van der Waals surface area contributed by atoms with E-state index in [0.717, 1.165) is 15.6 Å². The second-order valence-electron chi connectivity index (χ2n) is 3.78. The van der Waals surface area contributed by atoms with Crippen molar-refractivity contribution in [2.75, 3.05) is 11.2 Å². The Bertz CT molecular complexity index is 639. The van der Waals surface area contributed by atoms with Crippen molar-refractivity contribution < 1.29 is 13.5 Å². The van der Waals surface area contributed by atoms with Gasteiger partial charge in [-0.2, -0.15) is 0 Å². The molecule has 1 atom stereocenters. The largest absolute Gasteiger partial charge is 0.387 e. The average molecular weight is 350 g/mol. The monoisotopic (exact) mass is 349 g/mol. The summed E-state index contributed by atoms with van der Waals surface area (Å²) in [5, 5.41) is 12.9. The van der Waals surface area contributed by atoms with Crippen LogP contribution in [-0.4, -0.2) is 24.7 Å². The maximum absolute atomic E-state index is 11.3. The highest BCUT2D eigenvalue weighted by Gasteiger charge is 2.16. The van der Waals surface area contributed by atoms with E-state index in [1.54, 1.807) is 0 Å². The predicted octanol–water partition coefficient (Wildman–Crippen LogP) is 2.21. The number of fused-ring (bicyclic) bond motifs is 1. The molecule has 4 nitrogen and oxygen atoms in total. The third-order valence-corrected chi connectivity index (χ3v) is 6.19. The molecule has 0 bridgehead atoms. The van der Waals surface area contributed by atoms with Crippen molar-refractivity contribution in [1.82, 2.24) is 4.72 Å². The van der Waals surface area contributed by atoms with Crippen molar-refractivity contribution in [3.8, 4) is 0 Å². The SMILES string of the molecule is O=S(=O)(CBr)NCC(O)c1csc2ccccc12. The van der Waals surface area contributed by atoms with Crippen molar-refractivity contribution in [2.24, 2.45) is 0 Å². The Morgan fingerprint density at radius 3 is 2.83 bits per heavy atom. The minimum atomic E-state index is -3.35. The molecule has 2 aromatic rings. The average Bonchev–Trinajstić information content (AvgIpc) is 2.80. The van der Waals surface area contributed by atoms with Gasteiger partial charge in [-0.25, -0.2) is 13.1 Å². The van der Waals surface area contributed by atoms with Gasteiger partial charge in [-0.3, -0.25) is 0 Å². The van der Waals surface area contributed by atoms with Gasteiger partial charge in [0.15, 0.2) is 0 Å². The number of aliphatic hydroxyl groups is 1. The molecule has 0 aliphatic carbocycles. The molecule has 1 heterocycles. The number of aliphatic hydroxyl groups excluding tert-OH is 1. The molecule has 0 amide bonds. The van der Waals surface area contributed by atoms with Gasteiger partial charge in [0, 0.05) is 16.8 Å². The zero-order chi connectivity index (χ0) is 13.2. The summed E-state index contributed by atoms with van der Waals surface area (Å²) in [4.78, 5) is 0. The minimum absolute atomic E-state index is 0.0192. The lowest BCUT2D eigenvalue weighted by Crippen LogP contribution is -2.28. The highest BCUT2D eigenvalue weighted by atomic mass is 79.9. The summed E-state index contributed by atoms with van der Waals surface area (Å²) in [6.45, 7) is -0.0192. The number of rotatable bonds is 5. The zero-order valence-corrected chi connectivity index (χ0v) is 12.6. The molecule has 0 aliphatic heterocycles. The van der Waals surface area contributed by atoms with Gasteiger partial charge in [-0.1, -0.05) is 34.1 Å². The number of thiophene rings is 1. The Labute approximate surface area is 118 Å². The number of nitrogens with one attached hydrogen (secondary N) is 1. The summed E-state index contributed by atoms with van der Waals surface area (Å²) in [6.07, 6.45) is -0.838. The number of sulfonamides is 1. The van der Waals surface area contributed by atoms with E-state index < -0.39 is 16.1 Å². The fourth-order valence-corrected chi connectivity index (χ4v) is 3.59. The highest BCUT2D eigenvalue weighted by molar-refractivity contribution is 9.10. The first-order valence-electron chi connectivity index (χ1n) is 5.21. The molecule has 0 saturated carbocycles. The van der Waals surface area contributed by atoms with Crippen LogP contribution < -0.4 is 4.72 Å². The van der Waals surface area contributed by atoms with E-state index in [2.05, 4.69) is 20.7 Å². The topological polar surface area (TPSA) is 66.4 Å². The molecule has 1 unspecified atom stereocenters. The maximum atomic E-state index is 11.3. The van der Waals surface area contributed by atoms with Crippen molar-refractivity contribution in [3.63, 3.8) is 0 Å². The van der Waals surface area contributed by atoms with Crippen LogP contribution in [0.15, 0.2) is 29.6 Å². The van der Waals surface area contributed by atoms with Gasteiger partial charge in [0.25, 0.3) is 0 Å². The molecule has 0 aliphatic rings. The summed E-state index contributed by atoms with van der Waals surface area (Å²) in [5.74, 6) is 0. The Hall–Kier alpha value is -0.470. The van der Waals surface area contributed by atoms with Crippen LogP contribution in [0, 0.1) is 0 Å². The van der Waals surface area contributed by atoms with Crippen LogP contribution in [0.1, 0.15) is 11.7 Å². The number of alkyl halides is 1. The Morgan fingerprint density at radius 2 is 2.11 bits per heavy atom. The van der Waals surface area contributed by atoms with E-state index in [4.69, 9.17) is 0 Å². The normalized spacial score (nSPS) is 13.9. The molecule has 2 rings (SSSR count). The van der Waals surface area contributed by atoms with Crippen LogP contribution in [0.4, 0.5) is 0 Å². The maximum Gasteiger partial charge on any atom is 0.221 e. The van der Waals surface area contributed by atoms with Crippen LogP contribution in [0.5, 0.6) is 0 Å². The van der Waals surface area contributed by atoms with Crippen molar-refractivity contribution in [3.05, 3.63) is 35.2 Å². The Kier molecular flexibility index (Phi) is 4.39. The smallest absolute Gasteiger partial charge is 0.221 e. The minimum Gasteiger partial charge on any atom is -0.387 e. The van der Waals surface area contributed by atoms with E-state index in [9.17, 15) is 13.5 Å². The molecule has 0 saturated heterocycles. The number of halogens is 1. The van der Waals surface area contributed by atoms with Gasteiger partial charge in [-0.15, -0.1) is 11.3 Å². The first-order valence-corrected chi connectivity index (χ1v) is 8.86. The van der Waals surface area contributed by atoms with Crippen LogP contribution in [0.2, 0.25) is 0 Å². The summed E-state index contributed by atoms with van der Waals surface area (Å²) < 4.78 is 25.8. The number of hydrogen-bond acceptors (Lipinski definition) is 4. The molecule has 0 radical (unpaired) electrons. The fourth-order valence-electron chi connectivity index (χ4n) is 1.61. The third kappa shape index (κ3) is 3.10. The van der Waals surface area contributed by atoms with E-state index >= 15 is 0 Å². The van der Waals surface area contributed by atoms with Gasteiger partial charge in [-0.05, 0) is 16.8 Å². The lowest BCUT2D eigenvalue weighted by atomic mass is 10.1. The highest BCUT2D eigenvalue weighted by Crippen LogP contribution is 2.29. The zero-order valence-electron chi connectivity index (χ0n) is 9.34. The molecular weight excluding hydrogens is 338 g/mol. The van der Waals surface area contributed by atoms with Crippen molar-refractivity contribution >= 4 is 47.4 Å². The summed E-state index contributed by atoms with van der Waals surface area (Å²) in [5.41, 5.74) is 0.757. The van der Waals surface area contributed by atoms with Gasteiger partial charge >= 0.3 is 0 Å². The molecule has 0 spiro atoms. The van der Waals surface area contributed by atoms with Crippen LogP contribution in [0.3, 0.4) is 0 Å².